The number of aromatic nitrogens is 1. The number of aryl methyl sites for hydroxylation is 1. The van der Waals surface area contributed by atoms with E-state index < -0.39 is 17.5 Å². The van der Waals surface area contributed by atoms with Crippen LogP contribution in [0.2, 0.25) is 0 Å². The van der Waals surface area contributed by atoms with E-state index >= 15 is 0 Å². The molecule has 7 heteroatoms. The third-order valence-corrected chi connectivity index (χ3v) is 4.38. The number of benzene rings is 2. The smallest absolute Gasteiger partial charge is 0.248 e. The molecule has 3 rings (SSSR count). The molecule has 138 valence electrons. The molecule has 1 amide bonds. The minimum absolute atomic E-state index is 0.215. The molecular weight excluding hydrogens is 370 g/mol. The predicted molar refractivity (Wildman–Crippen MR) is 102 cm³/mol. The second-order valence-electron chi connectivity index (χ2n) is 5.63. The Morgan fingerprint density at radius 3 is 2.85 bits per heavy atom. The SMILES string of the molecule is Cc1nc(COc2ccccc2/C=C/C(=O)Nc2cc(F)ccc2F)cs1. The number of carbonyl (C=O) groups is 1. The predicted octanol–water partition coefficient (Wildman–Crippen LogP) is 4.96. The second-order valence-corrected chi connectivity index (χ2v) is 6.69. The molecule has 0 radical (unpaired) electrons. The van der Waals surface area contributed by atoms with Crippen LogP contribution in [0, 0.1) is 18.6 Å². The number of carbonyl (C=O) groups excluding carboxylic acids is 1. The number of anilines is 1. The molecule has 1 N–H and O–H groups in total. The molecule has 0 aliphatic heterocycles. The molecule has 0 atom stereocenters. The van der Waals surface area contributed by atoms with Crippen LogP contribution >= 0.6 is 11.3 Å². The maximum atomic E-state index is 13.6. The number of thiazole rings is 1. The highest BCUT2D eigenvalue weighted by Crippen LogP contribution is 2.21. The van der Waals surface area contributed by atoms with Crippen LogP contribution < -0.4 is 10.1 Å². The van der Waals surface area contributed by atoms with E-state index in [1.807, 2.05) is 24.4 Å². The van der Waals surface area contributed by atoms with Crippen molar-refractivity contribution in [2.45, 2.75) is 13.5 Å². The Balaban J connectivity index is 1.67. The summed E-state index contributed by atoms with van der Waals surface area (Å²) >= 11 is 1.55. The topological polar surface area (TPSA) is 51.2 Å². The van der Waals surface area contributed by atoms with Gasteiger partial charge in [-0.3, -0.25) is 4.79 Å². The highest BCUT2D eigenvalue weighted by Gasteiger charge is 2.07. The molecule has 0 saturated carbocycles. The van der Waals surface area contributed by atoms with Gasteiger partial charge in [-0.25, -0.2) is 13.8 Å². The average Bonchev–Trinajstić information content (AvgIpc) is 3.07. The van der Waals surface area contributed by atoms with Crippen molar-refractivity contribution in [2.24, 2.45) is 0 Å². The lowest BCUT2D eigenvalue weighted by Gasteiger charge is -2.08. The highest BCUT2D eigenvalue weighted by atomic mass is 32.1. The first-order valence-electron chi connectivity index (χ1n) is 8.08. The zero-order chi connectivity index (χ0) is 19.2. The average molecular weight is 386 g/mol. The number of para-hydroxylation sites is 1. The van der Waals surface area contributed by atoms with Crippen LogP contribution in [0.4, 0.5) is 14.5 Å². The van der Waals surface area contributed by atoms with Crippen molar-refractivity contribution in [2.75, 3.05) is 5.32 Å². The van der Waals surface area contributed by atoms with E-state index in [4.69, 9.17) is 4.74 Å². The van der Waals surface area contributed by atoms with Crippen LogP contribution in [0.5, 0.6) is 5.75 Å². The van der Waals surface area contributed by atoms with Gasteiger partial charge in [0.1, 0.15) is 24.0 Å². The first-order valence-corrected chi connectivity index (χ1v) is 8.96. The normalized spacial score (nSPS) is 10.9. The van der Waals surface area contributed by atoms with Gasteiger partial charge in [-0.1, -0.05) is 18.2 Å². The van der Waals surface area contributed by atoms with Gasteiger partial charge in [0.05, 0.1) is 16.4 Å². The molecule has 3 aromatic rings. The molecule has 1 aromatic heterocycles. The van der Waals surface area contributed by atoms with Crippen LogP contribution in [-0.2, 0) is 11.4 Å². The van der Waals surface area contributed by atoms with E-state index in [9.17, 15) is 13.6 Å². The van der Waals surface area contributed by atoms with Gasteiger partial charge in [-0.2, -0.15) is 0 Å². The molecule has 27 heavy (non-hydrogen) atoms. The zero-order valence-corrected chi connectivity index (χ0v) is 15.2. The molecule has 0 aliphatic rings. The lowest BCUT2D eigenvalue weighted by Crippen LogP contribution is -2.09. The molecule has 2 aromatic carbocycles. The molecule has 0 spiro atoms. The van der Waals surface area contributed by atoms with Gasteiger partial charge in [0.25, 0.3) is 0 Å². The summed E-state index contributed by atoms with van der Waals surface area (Å²) in [6.45, 7) is 2.24. The number of hydrogen-bond donors (Lipinski definition) is 1. The van der Waals surface area contributed by atoms with Crippen LogP contribution in [0.1, 0.15) is 16.3 Å². The minimum atomic E-state index is -0.708. The van der Waals surface area contributed by atoms with E-state index in [0.29, 0.717) is 17.9 Å². The largest absolute Gasteiger partial charge is 0.487 e. The fraction of sp³-hybridized carbons (Fsp3) is 0.100. The van der Waals surface area contributed by atoms with Crippen molar-refractivity contribution in [3.63, 3.8) is 0 Å². The number of nitrogens with zero attached hydrogens (tertiary/aromatic N) is 1. The van der Waals surface area contributed by atoms with Gasteiger partial charge in [0.15, 0.2) is 0 Å². The molecule has 0 saturated heterocycles. The minimum Gasteiger partial charge on any atom is -0.487 e. The Hall–Kier alpha value is -3.06. The quantitative estimate of drug-likeness (QED) is 0.609. The number of hydrogen-bond acceptors (Lipinski definition) is 4. The fourth-order valence-corrected chi connectivity index (χ4v) is 2.91. The summed E-state index contributed by atoms with van der Waals surface area (Å²) in [5.74, 6) is -1.33. The Morgan fingerprint density at radius 2 is 2.07 bits per heavy atom. The van der Waals surface area contributed by atoms with Gasteiger partial charge < -0.3 is 10.1 Å². The molecule has 0 bridgehead atoms. The highest BCUT2D eigenvalue weighted by molar-refractivity contribution is 7.09. The molecule has 0 unspecified atom stereocenters. The van der Waals surface area contributed by atoms with Crippen molar-refractivity contribution < 1.29 is 18.3 Å². The fourth-order valence-electron chi connectivity index (χ4n) is 2.31. The standard InChI is InChI=1S/C20H16F2N2O2S/c1-13-23-16(12-27-13)11-26-19-5-3-2-4-14(19)6-9-20(25)24-18-10-15(21)7-8-17(18)22/h2-10,12H,11H2,1H3,(H,24,25)/b9-6+. The lowest BCUT2D eigenvalue weighted by atomic mass is 10.2. The molecule has 0 aliphatic carbocycles. The van der Waals surface area contributed by atoms with E-state index in [0.717, 1.165) is 28.9 Å². The van der Waals surface area contributed by atoms with Crippen molar-refractivity contribution in [1.29, 1.82) is 0 Å². The number of amides is 1. The molecular formula is C20H16F2N2O2S. The van der Waals surface area contributed by atoms with E-state index in [-0.39, 0.29) is 5.69 Å². The second kappa shape index (κ2) is 8.55. The Kier molecular flexibility index (Phi) is 5.93. The number of nitrogens with one attached hydrogen (secondary N) is 1. The van der Waals surface area contributed by atoms with Crippen molar-refractivity contribution >= 4 is 29.0 Å². The lowest BCUT2D eigenvalue weighted by molar-refractivity contribution is -0.111. The van der Waals surface area contributed by atoms with Crippen molar-refractivity contribution in [3.8, 4) is 5.75 Å². The van der Waals surface area contributed by atoms with Crippen LogP contribution in [0.25, 0.3) is 6.08 Å². The number of halogens is 2. The summed E-state index contributed by atoms with van der Waals surface area (Å²) < 4.78 is 32.5. The molecule has 1 heterocycles. The van der Waals surface area contributed by atoms with Crippen LogP contribution in [0.3, 0.4) is 0 Å². The van der Waals surface area contributed by atoms with E-state index in [2.05, 4.69) is 10.3 Å². The van der Waals surface area contributed by atoms with Gasteiger partial charge in [0, 0.05) is 23.1 Å². The maximum Gasteiger partial charge on any atom is 0.248 e. The number of rotatable bonds is 6. The molecule has 4 nitrogen and oxygen atoms in total. The van der Waals surface area contributed by atoms with Gasteiger partial charge >= 0.3 is 0 Å². The van der Waals surface area contributed by atoms with Gasteiger partial charge in [-0.15, -0.1) is 11.3 Å². The van der Waals surface area contributed by atoms with Crippen LogP contribution in [0.15, 0.2) is 53.9 Å². The van der Waals surface area contributed by atoms with Crippen LogP contribution in [-0.4, -0.2) is 10.9 Å². The summed E-state index contributed by atoms with van der Waals surface area (Å²) in [6, 6.07) is 10.1. The Bertz CT molecular complexity index is 986. The van der Waals surface area contributed by atoms with Crippen molar-refractivity contribution in [3.05, 3.63) is 81.8 Å². The first-order chi connectivity index (χ1) is 13.0. The summed E-state index contributed by atoms with van der Waals surface area (Å²) in [6.07, 6.45) is 2.79. The van der Waals surface area contributed by atoms with Gasteiger partial charge in [0.2, 0.25) is 5.91 Å². The summed E-state index contributed by atoms with van der Waals surface area (Å²) in [5, 5.41) is 5.20. The Morgan fingerprint density at radius 1 is 1.26 bits per heavy atom. The summed E-state index contributed by atoms with van der Waals surface area (Å²) in [4.78, 5) is 16.3. The third-order valence-electron chi connectivity index (χ3n) is 3.56. The van der Waals surface area contributed by atoms with Crippen molar-refractivity contribution in [1.82, 2.24) is 4.98 Å². The monoisotopic (exact) mass is 386 g/mol. The first kappa shape index (κ1) is 18.7. The van der Waals surface area contributed by atoms with E-state index in [1.165, 1.54) is 6.08 Å². The summed E-state index contributed by atoms with van der Waals surface area (Å²) in [7, 11) is 0. The molecule has 0 fully saturated rings. The van der Waals surface area contributed by atoms with Gasteiger partial charge in [-0.05, 0) is 31.2 Å². The zero-order valence-electron chi connectivity index (χ0n) is 14.4. The third kappa shape index (κ3) is 5.21. The summed E-state index contributed by atoms with van der Waals surface area (Å²) in [5.41, 5.74) is 1.29. The number of ether oxygens (including phenoxy) is 1. The Labute approximate surface area is 159 Å². The van der Waals surface area contributed by atoms with E-state index in [1.54, 1.807) is 29.5 Å². The maximum absolute atomic E-state index is 13.6.